The normalized spacial score (nSPS) is 42.5. The van der Waals surface area contributed by atoms with Crippen molar-refractivity contribution in [2.75, 3.05) is 6.61 Å². The van der Waals surface area contributed by atoms with E-state index >= 15 is 4.39 Å². The zero-order valence-electron chi connectivity index (χ0n) is 19.2. The van der Waals surface area contributed by atoms with Crippen LogP contribution in [0.5, 0.6) is 0 Å². The van der Waals surface area contributed by atoms with Crippen LogP contribution in [0.4, 0.5) is 4.39 Å². The summed E-state index contributed by atoms with van der Waals surface area (Å²) in [5.74, 6) is -2.12. The molecular weight excluding hydrogens is 540 g/mol. The number of ketones is 2. The van der Waals surface area contributed by atoms with Crippen LogP contribution in [0.1, 0.15) is 46.5 Å². The van der Waals surface area contributed by atoms with Gasteiger partial charge in [-0.2, -0.15) is 0 Å². The second kappa shape index (κ2) is 12.3. The number of Topliss-reactive ketones (excluding diaryl/α,β-unsaturated/α-hetero) is 1. The number of aliphatic hydroxyl groups excluding tert-OH is 2. The molecule has 198 valence electrons. The van der Waals surface area contributed by atoms with Crippen LogP contribution in [-0.4, -0.2) is 125 Å². The molecule has 36 heavy (non-hydrogen) atoms. The topological polar surface area (TPSA) is 173 Å². The summed E-state index contributed by atoms with van der Waals surface area (Å²) < 4.78 is 25.7. The minimum absolute atomic E-state index is 0. The van der Waals surface area contributed by atoms with Gasteiger partial charge in [0.15, 0.2) is 17.2 Å². The van der Waals surface area contributed by atoms with Crippen molar-refractivity contribution in [2.45, 2.75) is 63.8 Å². The number of fused-ring (bicyclic) bond motifs is 5. The van der Waals surface area contributed by atoms with Crippen molar-refractivity contribution in [3.05, 3.63) is 23.8 Å². The first-order chi connectivity index (χ1) is 15.0. The van der Waals surface area contributed by atoms with Gasteiger partial charge in [-0.05, 0) is 56.6 Å². The first-order valence-electron chi connectivity index (χ1n) is 10.9. The van der Waals surface area contributed by atoms with E-state index in [1.807, 2.05) is 0 Å². The van der Waals surface area contributed by atoms with Gasteiger partial charge in [0.05, 0.1) is 6.10 Å². The summed E-state index contributed by atoms with van der Waals surface area (Å²) in [7, 11) is -4.64. The van der Waals surface area contributed by atoms with Gasteiger partial charge in [0.1, 0.15) is 12.2 Å². The number of allylic oxidation sites excluding steroid dienone is 4. The van der Waals surface area contributed by atoms with Crippen molar-refractivity contribution in [3.8, 4) is 0 Å². The van der Waals surface area contributed by atoms with Crippen molar-refractivity contribution in [3.63, 3.8) is 0 Å². The third-order valence-corrected chi connectivity index (χ3v) is 8.79. The Bertz CT molecular complexity index is 969. The van der Waals surface area contributed by atoms with Crippen LogP contribution in [0.2, 0.25) is 0 Å². The summed E-state index contributed by atoms with van der Waals surface area (Å²) in [6.45, 7) is 4.48. The number of alkyl halides is 1. The van der Waals surface area contributed by atoms with Gasteiger partial charge in [-0.3, -0.25) is 9.59 Å². The monoisotopic (exact) mass is 574 g/mol. The SMILES string of the molecule is C[C@@H]1C[C@H]2[C@@H]3CCC4=CC(=O)C=C[C@]4(C)[C@@]3(F)[C@@H](O)C[C@]2(C)[C@@]1(O)C(=O)CO.Cl.O=P(O)(O)O.[NaH].[NaH]. The molecule has 0 aromatic heterocycles. The van der Waals surface area contributed by atoms with Gasteiger partial charge in [-0.25, -0.2) is 8.96 Å². The molecule has 0 spiro atoms. The second-order valence-electron chi connectivity index (χ2n) is 10.3. The number of phosphoric acid groups is 1. The zero-order chi connectivity index (χ0) is 25.2. The van der Waals surface area contributed by atoms with E-state index in [0.29, 0.717) is 24.8 Å². The number of hydrogen-bond acceptors (Lipinski definition) is 6. The molecule has 4 rings (SSSR count). The van der Waals surface area contributed by atoms with Crippen LogP contribution in [0.3, 0.4) is 0 Å². The molecule has 0 aromatic carbocycles. The third-order valence-electron chi connectivity index (χ3n) is 8.79. The third kappa shape index (κ3) is 5.61. The van der Waals surface area contributed by atoms with Crippen LogP contribution in [0.15, 0.2) is 23.8 Å². The molecule has 3 saturated carbocycles. The summed E-state index contributed by atoms with van der Waals surface area (Å²) in [4.78, 5) is 45.9. The number of carbonyl (C=O) groups is 2. The van der Waals surface area contributed by atoms with Gasteiger partial charge < -0.3 is 30.0 Å². The minimum atomic E-state index is -4.64. The van der Waals surface area contributed by atoms with E-state index < -0.39 is 60.3 Å². The number of aliphatic hydroxyl groups is 3. The maximum atomic E-state index is 16.9. The summed E-state index contributed by atoms with van der Waals surface area (Å²) in [6, 6.07) is 0. The zero-order valence-corrected chi connectivity index (χ0v) is 20.9. The van der Waals surface area contributed by atoms with Gasteiger partial charge in [-0.15, -0.1) is 12.4 Å². The van der Waals surface area contributed by atoms with Crippen molar-refractivity contribution < 1.29 is 48.5 Å². The van der Waals surface area contributed by atoms with Crippen molar-refractivity contribution in [1.82, 2.24) is 0 Å². The molecular formula is C22H35ClFNa2O9P. The molecule has 4 aliphatic carbocycles. The number of rotatable bonds is 2. The molecule has 0 unspecified atom stereocenters. The van der Waals surface area contributed by atoms with Crippen LogP contribution < -0.4 is 0 Å². The van der Waals surface area contributed by atoms with E-state index in [1.165, 1.54) is 12.2 Å². The molecule has 3 fully saturated rings. The molecule has 0 amide bonds. The first kappa shape index (κ1) is 37.0. The van der Waals surface area contributed by atoms with Gasteiger partial charge >= 0.3 is 66.9 Å². The summed E-state index contributed by atoms with van der Waals surface area (Å²) in [6.07, 6.45) is 4.44. The van der Waals surface area contributed by atoms with Crippen LogP contribution >= 0.6 is 20.2 Å². The van der Waals surface area contributed by atoms with Gasteiger partial charge in [0, 0.05) is 16.7 Å². The molecule has 0 heterocycles. The molecule has 9 nitrogen and oxygen atoms in total. The van der Waals surface area contributed by atoms with Crippen LogP contribution in [-0.2, 0) is 14.2 Å². The van der Waals surface area contributed by atoms with Crippen molar-refractivity contribution >= 4 is 90.9 Å². The molecule has 0 saturated heterocycles. The first-order valence-corrected chi connectivity index (χ1v) is 12.5. The Hall–Kier alpha value is 1.03. The number of hydrogen-bond donors (Lipinski definition) is 6. The van der Waals surface area contributed by atoms with E-state index in [2.05, 4.69) is 0 Å². The molecule has 0 aliphatic heterocycles. The maximum absolute atomic E-state index is 16.9. The predicted octanol–water partition coefficient (Wildman–Crippen LogP) is 0.0919. The van der Waals surface area contributed by atoms with E-state index in [-0.39, 0.29) is 89.6 Å². The molecule has 0 bridgehead atoms. The average Bonchev–Trinajstić information content (AvgIpc) is 2.89. The fraction of sp³-hybridized carbons (Fsp3) is 0.727. The van der Waals surface area contributed by atoms with Gasteiger partial charge in [-0.1, -0.05) is 25.5 Å². The fourth-order valence-electron chi connectivity index (χ4n) is 7.26. The summed E-state index contributed by atoms with van der Waals surface area (Å²) in [5.41, 5.74) is -5.17. The van der Waals surface area contributed by atoms with E-state index in [1.54, 1.807) is 26.8 Å². The van der Waals surface area contributed by atoms with Crippen molar-refractivity contribution in [2.24, 2.45) is 28.6 Å². The quantitative estimate of drug-likeness (QED) is 0.197. The van der Waals surface area contributed by atoms with Gasteiger partial charge in [0.25, 0.3) is 0 Å². The Labute approximate surface area is 260 Å². The van der Waals surface area contributed by atoms with Crippen LogP contribution in [0.25, 0.3) is 0 Å². The Morgan fingerprint density at radius 2 is 1.72 bits per heavy atom. The number of carbonyl (C=O) groups excluding carboxylic acids is 2. The molecule has 14 heteroatoms. The second-order valence-corrected chi connectivity index (χ2v) is 11.3. The Morgan fingerprint density at radius 3 is 2.22 bits per heavy atom. The predicted molar refractivity (Wildman–Crippen MR) is 136 cm³/mol. The molecule has 6 N–H and O–H groups in total. The number of halogens is 2. The molecule has 0 radical (unpaired) electrons. The fourth-order valence-corrected chi connectivity index (χ4v) is 7.26. The Balaban J connectivity index is 0.00000140. The summed E-state index contributed by atoms with van der Waals surface area (Å²) in [5, 5.41) is 32.0. The van der Waals surface area contributed by atoms with Crippen LogP contribution in [0, 0.1) is 28.6 Å². The van der Waals surface area contributed by atoms with Gasteiger partial charge in [0.2, 0.25) is 0 Å². The molecule has 8 atom stereocenters. The average molecular weight is 575 g/mol. The van der Waals surface area contributed by atoms with E-state index in [9.17, 15) is 24.9 Å². The van der Waals surface area contributed by atoms with Crippen molar-refractivity contribution in [1.29, 1.82) is 0 Å². The molecule has 4 aliphatic rings. The standard InChI is InChI=1S/C22H29FO5.ClH.2Na.H3O4P.2H/c1-12-8-16-15-5-4-13-9-14(25)6-7-19(13,2)21(15,23)17(26)10-20(16,3)22(12,28)18(27)11-24;;;;1-5(2,3)4;;/h6-7,9,12,15-17,24,26,28H,4-5,8,10-11H2,1-3H3;1H;;;(H3,1,2,3,4);;/t12-,15+,16+,17+,19+,20+,21+,22+;;;;;;/m1....../s1. The Kier molecular flexibility index (Phi) is 12.6. The Morgan fingerprint density at radius 1 is 1.19 bits per heavy atom. The summed E-state index contributed by atoms with van der Waals surface area (Å²) >= 11 is 0. The molecule has 0 aromatic rings. The van der Waals surface area contributed by atoms with E-state index in [0.717, 1.165) is 0 Å². The van der Waals surface area contributed by atoms with E-state index in [4.69, 9.17) is 19.2 Å².